The molecule has 128 valence electrons. The van der Waals surface area contributed by atoms with Gasteiger partial charge in [0.25, 0.3) is 5.91 Å². The monoisotopic (exact) mass is 351 g/mol. The quantitative estimate of drug-likeness (QED) is 0.868. The van der Waals surface area contributed by atoms with Gasteiger partial charge in [-0.1, -0.05) is 16.8 Å². The van der Waals surface area contributed by atoms with Crippen LogP contribution < -0.4 is 4.74 Å². The van der Waals surface area contributed by atoms with E-state index in [0.717, 1.165) is 12.8 Å². The number of halogens is 1. The van der Waals surface area contributed by atoms with E-state index >= 15 is 0 Å². The van der Waals surface area contributed by atoms with Crippen molar-refractivity contribution in [3.63, 3.8) is 0 Å². The molecule has 8 nitrogen and oxygen atoms in total. The molecule has 2 aromatic heterocycles. The number of pyridine rings is 1. The third-order valence-corrected chi connectivity index (χ3v) is 4.30. The van der Waals surface area contributed by atoms with Crippen molar-refractivity contribution >= 4 is 17.5 Å². The lowest BCUT2D eigenvalue weighted by Crippen LogP contribution is -2.38. The van der Waals surface area contributed by atoms with Crippen molar-refractivity contribution in [1.82, 2.24) is 24.9 Å². The number of methoxy groups -OCH3 is 1. The van der Waals surface area contributed by atoms with E-state index in [1.54, 1.807) is 21.8 Å². The van der Waals surface area contributed by atoms with Crippen LogP contribution in [-0.2, 0) is 13.2 Å². The Balaban J connectivity index is 1.74. The van der Waals surface area contributed by atoms with Gasteiger partial charge >= 0.3 is 0 Å². The first-order valence-corrected chi connectivity index (χ1v) is 8.00. The van der Waals surface area contributed by atoms with Gasteiger partial charge in [-0.05, 0) is 18.9 Å². The van der Waals surface area contributed by atoms with Crippen LogP contribution in [0.15, 0.2) is 18.5 Å². The summed E-state index contributed by atoms with van der Waals surface area (Å²) in [5.41, 5.74) is 0.944. The Labute approximate surface area is 144 Å². The van der Waals surface area contributed by atoms with E-state index in [2.05, 4.69) is 15.3 Å². The molecule has 0 radical (unpaired) electrons. The number of aromatic nitrogens is 4. The lowest BCUT2D eigenvalue weighted by Gasteiger charge is -2.24. The molecule has 1 fully saturated rings. The summed E-state index contributed by atoms with van der Waals surface area (Å²) in [5, 5.41) is 17.2. The number of ether oxygens (including phenoxy) is 1. The van der Waals surface area contributed by atoms with Gasteiger partial charge in [0.1, 0.15) is 10.7 Å². The van der Waals surface area contributed by atoms with E-state index in [9.17, 15) is 4.79 Å². The summed E-state index contributed by atoms with van der Waals surface area (Å²) < 4.78 is 6.67. The summed E-state index contributed by atoms with van der Waals surface area (Å²) >= 11 is 6.06. The molecular formula is C15H18ClN5O3. The highest BCUT2D eigenvalue weighted by Crippen LogP contribution is 2.25. The molecule has 9 heteroatoms. The molecule has 0 saturated carbocycles. The smallest absolute Gasteiger partial charge is 0.255 e. The summed E-state index contributed by atoms with van der Waals surface area (Å²) in [4.78, 5) is 18.6. The summed E-state index contributed by atoms with van der Waals surface area (Å²) in [6.07, 6.45) is 4.97. The number of rotatable bonds is 5. The Kier molecular flexibility index (Phi) is 4.96. The van der Waals surface area contributed by atoms with Gasteiger partial charge in [0.15, 0.2) is 0 Å². The molecule has 0 bridgehead atoms. The van der Waals surface area contributed by atoms with Crippen molar-refractivity contribution in [2.75, 3.05) is 13.7 Å². The number of hydrogen-bond acceptors (Lipinski definition) is 6. The van der Waals surface area contributed by atoms with Gasteiger partial charge in [-0.2, -0.15) is 0 Å². The number of nitrogens with zero attached hydrogens (tertiary/aromatic N) is 5. The fourth-order valence-corrected chi connectivity index (χ4v) is 3.11. The third-order valence-electron chi connectivity index (χ3n) is 4.03. The normalized spacial score (nSPS) is 17.3. The maximum atomic E-state index is 12.8. The molecule has 0 unspecified atom stereocenters. The Morgan fingerprint density at radius 3 is 3.04 bits per heavy atom. The molecule has 1 aliphatic heterocycles. The molecular weight excluding hydrogens is 334 g/mol. The molecule has 3 heterocycles. The topological polar surface area (TPSA) is 93.4 Å². The highest BCUT2D eigenvalue weighted by atomic mass is 35.5. The summed E-state index contributed by atoms with van der Waals surface area (Å²) in [6, 6.07) is 1.59. The van der Waals surface area contributed by atoms with Crippen molar-refractivity contribution in [3.8, 4) is 5.88 Å². The second-order valence-corrected chi connectivity index (χ2v) is 6.01. The number of likely N-dealkylation sites (tertiary alicyclic amines) is 1. The first kappa shape index (κ1) is 16.7. The van der Waals surface area contributed by atoms with Gasteiger partial charge in [0.05, 0.1) is 38.1 Å². The molecule has 0 spiro atoms. The number of aliphatic hydroxyl groups excluding tert-OH is 1. The second-order valence-electron chi connectivity index (χ2n) is 5.60. The zero-order valence-electron chi connectivity index (χ0n) is 13.2. The molecule has 0 aromatic carbocycles. The van der Waals surface area contributed by atoms with Crippen LogP contribution in [0.5, 0.6) is 5.88 Å². The maximum Gasteiger partial charge on any atom is 0.255 e. The van der Waals surface area contributed by atoms with Crippen LogP contribution in [0.4, 0.5) is 0 Å². The van der Waals surface area contributed by atoms with E-state index in [1.165, 1.54) is 13.3 Å². The van der Waals surface area contributed by atoms with Gasteiger partial charge < -0.3 is 14.7 Å². The lowest BCUT2D eigenvalue weighted by atomic mass is 10.2. The standard InChI is InChI=1S/C15H18ClN5O3/c1-24-14-13(16)5-10(6-17-14)15(23)21-4-2-3-12(21)8-20-7-11(9-22)18-19-20/h5-7,12,22H,2-4,8-9H2,1H3/t12-/m0/s1. The zero-order chi connectivity index (χ0) is 17.1. The second kappa shape index (κ2) is 7.14. The maximum absolute atomic E-state index is 12.8. The minimum absolute atomic E-state index is 0.0200. The van der Waals surface area contributed by atoms with Gasteiger partial charge in [0, 0.05) is 12.7 Å². The molecule has 1 aliphatic rings. The van der Waals surface area contributed by atoms with Gasteiger partial charge in [0.2, 0.25) is 5.88 Å². The van der Waals surface area contributed by atoms with E-state index < -0.39 is 0 Å². The Morgan fingerprint density at radius 2 is 2.38 bits per heavy atom. The Hall–Kier alpha value is -2.19. The molecule has 1 N–H and O–H groups in total. The van der Waals surface area contributed by atoms with Crippen LogP contribution in [0.2, 0.25) is 5.02 Å². The summed E-state index contributed by atoms with van der Waals surface area (Å²) in [7, 11) is 1.48. The van der Waals surface area contributed by atoms with E-state index in [0.29, 0.717) is 35.2 Å². The largest absolute Gasteiger partial charge is 0.480 e. The van der Waals surface area contributed by atoms with Gasteiger partial charge in [-0.3, -0.25) is 9.48 Å². The molecule has 0 aliphatic carbocycles. The molecule has 1 amide bonds. The predicted molar refractivity (Wildman–Crippen MR) is 85.8 cm³/mol. The number of carbonyl (C=O) groups excluding carboxylic acids is 1. The van der Waals surface area contributed by atoms with E-state index in [4.69, 9.17) is 21.4 Å². The summed E-state index contributed by atoms with van der Waals surface area (Å²) in [5.74, 6) is 0.183. The van der Waals surface area contributed by atoms with E-state index in [-0.39, 0.29) is 18.6 Å². The van der Waals surface area contributed by atoms with Crippen LogP contribution in [0, 0.1) is 0 Å². The van der Waals surface area contributed by atoms with E-state index in [1.807, 2.05) is 0 Å². The van der Waals surface area contributed by atoms with Crippen LogP contribution in [0.1, 0.15) is 28.9 Å². The fraction of sp³-hybridized carbons (Fsp3) is 0.467. The molecule has 1 atom stereocenters. The van der Waals surface area contributed by atoms with Crippen LogP contribution >= 0.6 is 11.6 Å². The van der Waals surface area contributed by atoms with Crippen molar-refractivity contribution in [2.24, 2.45) is 0 Å². The molecule has 1 saturated heterocycles. The van der Waals surface area contributed by atoms with Crippen molar-refractivity contribution in [3.05, 3.63) is 34.7 Å². The minimum atomic E-state index is -0.149. The predicted octanol–water partition coefficient (Wildman–Crippen LogP) is 1.13. The molecule has 3 rings (SSSR count). The average Bonchev–Trinajstić information content (AvgIpc) is 3.23. The molecule has 2 aromatic rings. The SMILES string of the molecule is COc1ncc(C(=O)N2CCC[C@H]2Cn2cc(CO)nn2)cc1Cl. The molecule has 24 heavy (non-hydrogen) atoms. The minimum Gasteiger partial charge on any atom is -0.480 e. The van der Waals surface area contributed by atoms with Crippen LogP contribution in [0.25, 0.3) is 0 Å². The van der Waals surface area contributed by atoms with Crippen molar-refractivity contribution in [1.29, 1.82) is 0 Å². The number of hydrogen-bond donors (Lipinski definition) is 1. The van der Waals surface area contributed by atoms with Crippen molar-refractivity contribution in [2.45, 2.75) is 32.0 Å². The third kappa shape index (κ3) is 3.34. The highest BCUT2D eigenvalue weighted by molar-refractivity contribution is 6.32. The van der Waals surface area contributed by atoms with Crippen molar-refractivity contribution < 1.29 is 14.6 Å². The first-order chi connectivity index (χ1) is 11.6. The van der Waals surface area contributed by atoms with Crippen LogP contribution in [-0.4, -0.2) is 55.6 Å². The number of amides is 1. The highest BCUT2D eigenvalue weighted by Gasteiger charge is 2.30. The number of carbonyl (C=O) groups is 1. The Bertz CT molecular complexity index is 736. The first-order valence-electron chi connectivity index (χ1n) is 7.62. The Morgan fingerprint density at radius 1 is 1.54 bits per heavy atom. The zero-order valence-corrected chi connectivity index (χ0v) is 14.0. The lowest BCUT2D eigenvalue weighted by molar-refractivity contribution is 0.0720. The average molecular weight is 352 g/mol. The fourth-order valence-electron chi connectivity index (χ4n) is 2.87. The number of aliphatic hydroxyl groups is 1. The van der Waals surface area contributed by atoms with Gasteiger partial charge in [-0.15, -0.1) is 5.10 Å². The van der Waals surface area contributed by atoms with Crippen LogP contribution in [0.3, 0.4) is 0 Å². The van der Waals surface area contributed by atoms with Gasteiger partial charge in [-0.25, -0.2) is 4.98 Å². The summed E-state index contributed by atoms with van der Waals surface area (Å²) in [6.45, 7) is 1.06.